The van der Waals surface area contributed by atoms with Gasteiger partial charge in [0.25, 0.3) is 0 Å². The third-order valence-corrected chi connectivity index (χ3v) is 3.33. The summed E-state index contributed by atoms with van der Waals surface area (Å²) in [5, 5.41) is 9.35. The lowest BCUT2D eigenvalue weighted by molar-refractivity contribution is -0.0226. The molecule has 1 N–H and O–H groups in total. The lowest BCUT2D eigenvalue weighted by Gasteiger charge is -2.18. The summed E-state index contributed by atoms with van der Waals surface area (Å²) >= 11 is 0. The molecule has 1 atom stereocenters. The van der Waals surface area contributed by atoms with E-state index >= 15 is 0 Å². The Hall–Kier alpha value is -0.940. The molecule has 1 aromatic carbocycles. The van der Waals surface area contributed by atoms with Crippen LogP contribution in [0.5, 0.6) is 0 Å². The lowest BCUT2D eigenvalue weighted by atomic mass is 10.1. The van der Waals surface area contributed by atoms with Gasteiger partial charge >= 0.3 is 0 Å². The molecule has 4 nitrogen and oxygen atoms in total. The van der Waals surface area contributed by atoms with E-state index in [0.717, 1.165) is 31.8 Å². The van der Waals surface area contributed by atoms with Gasteiger partial charge in [-0.2, -0.15) is 0 Å². The minimum atomic E-state index is -0.261. The highest BCUT2D eigenvalue weighted by Gasteiger charge is 2.09. The van der Waals surface area contributed by atoms with Crippen molar-refractivity contribution < 1.29 is 14.6 Å². The normalized spacial score (nSPS) is 12.8. The van der Waals surface area contributed by atoms with Crippen LogP contribution in [-0.2, 0) is 9.47 Å². The molecular formula is C16H27NO3. The largest absolute Gasteiger partial charge is 0.393 e. The Kier molecular flexibility index (Phi) is 9.24. The Morgan fingerprint density at radius 1 is 1.05 bits per heavy atom. The van der Waals surface area contributed by atoms with Gasteiger partial charge in [0.15, 0.2) is 0 Å². The third kappa shape index (κ3) is 6.48. The van der Waals surface area contributed by atoms with Crippen LogP contribution in [0.2, 0.25) is 0 Å². The van der Waals surface area contributed by atoms with Gasteiger partial charge in [0.05, 0.1) is 26.4 Å². The number of benzene rings is 1. The van der Waals surface area contributed by atoms with Crippen LogP contribution < -0.4 is 0 Å². The summed E-state index contributed by atoms with van der Waals surface area (Å²) in [6.45, 7) is 9.13. The number of likely N-dealkylation sites (N-methyl/N-ethyl adjacent to an activating group) is 1. The van der Waals surface area contributed by atoms with Gasteiger partial charge in [-0.1, -0.05) is 44.2 Å². The Bertz CT molecular complexity index is 328. The molecule has 0 aromatic heterocycles. The molecule has 114 valence electrons. The number of aliphatic hydroxyl groups excluding tert-OH is 1. The molecule has 0 heterocycles. The molecule has 1 rings (SSSR count). The highest BCUT2D eigenvalue weighted by molar-refractivity contribution is 5.17. The van der Waals surface area contributed by atoms with Crippen molar-refractivity contribution in [2.75, 3.05) is 46.1 Å². The van der Waals surface area contributed by atoms with Crippen LogP contribution in [0.4, 0.5) is 0 Å². The second-order valence-electron chi connectivity index (χ2n) is 4.59. The molecule has 0 saturated carbocycles. The van der Waals surface area contributed by atoms with Crippen molar-refractivity contribution in [3.05, 3.63) is 35.9 Å². The molecule has 0 bridgehead atoms. The highest BCUT2D eigenvalue weighted by Crippen LogP contribution is 2.15. The molecule has 0 aliphatic rings. The van der Waals surface area contributed by atoms with E-state index in [1.807, 2.05) is 30.3 Å². The van der Waals surface area contributed by atoms with E-state index in [-0.39, 0.29) is 12.7 Å². The van der Waals surface area contributed by atoms with Gasteiger partial charge in [-0.3, -0.25) is 0 Å². The number of nitrogens with zero attached hydrogens (tertiary/aromatic N) is 1. The van der Waals surface area contributed by atoms with E-state index in [1.165, 1.54) is 0 Å². The van der Waals surface area contributed by atoms with Crippen molar-refractivity contribution in [2.45, 2.75) is 20.0 Å². The Balaban J connectivity index is 2.13. The van der Waals surface area contributed by atoms with E-state index in [2.05, 4.69) is 18.7 Å². The van der Waals surface area contributed by atoms with Crippen molar-refractivity contribution >= 4 is 0 Å². The molecule has 0 fully saturated rings. The van der Waals surface area contributed by atoms with Crippen molar-refractivity contribution in [3.63, 3.8) is 0 Å². The standard InChI is InChI=1S/C16H27NO3/c1-3-17(4-2)10-11-19-12-13-20-16(14-18)15-8-6-5-7-9-15/h5-9,16,18H,3-4,10-14H2,1-2H3. The van der Waals surface area contributed by atoms with Crippen LogP contribution >= 0.6 is 0 Å². The average molecular weight is 281 g/mol. The van der Waals surface area contributed by atoms with Crippen LogP contribution in [0.3, 0.4) is 0 Å². The fraction of sp³-hybridized carbons (Fsp3) is 0.625. The van der Waals surface area contributed by atoms with Gasteiger partial charge in [0.1, 0.15) is 6.10 Å². The van der Waals surface area contributed by atoms with Gasteiger partial charge in [-0.15, -0.1) is 0 Å². The van der Waals surface area contributed by atoms with Gasteiger partial charge in [-0.05, 0) is 18.7 Å². The highest BCUT2D eigenvalue weighted by atomic mass is 16.5. The van der Waals surface area contributed by atoms with Crippen molar-refractivity contribution in [1.82, 2.24) is 4.90 Å². The fourth-order valence-electron chi connectivity index (χ4n) is 2.01. The number of rotatable bonds is 11. The summed E-state index contributed by atoms with van der Waals surface area (Å²) < 4.78 is 11.2. The summed E-state index contributed by atoms with van der Waals surface area (Å²) in [6.07, 6.45) is -0.261. The molecule has 0 saturated heterocycles. The molecule has 4 heteroatoms. The van der Waals surface area contributed by atoms with E-state index in [4.69, 9.17) is 9.47 Å². The zero-order valence-corrected chi connectivity index (χ0v) is 12.6. The van der Waals surface area contributed by atoms with E-state index in [0.29, 0.717) is 13.2 Å². The van der Waals surface area contributed by atoms with Gasteiger partial charge < -0.3 is 19.5 Å². The maximum Gasteiger partial charge on any atom is 0.106 e. The first-order valence-corrected chi connectivity index (χ1v) is 7.39. The first kappa shape index (κ1) is 17.1. The second-order valence-corrected chi connectivity index (χ2v) is 4.59. The van der Waals surface area contributed by atoms with Gasteiger partial charge in [0.2, 0.25) is 0 Å². The maximum absolute atomic E-state index is 9.35. The first-order chi connectivity index (χ1) is 9.81. The monoisotopic (exact) mass is 281 g/mol. The molecule has 20 heavy (non-hydrogen) atoms. The number of hydrogen-bond acceptors (Lipinski definition) is 4. The molecule has 0 aliphatic carbocycles. The average Bonchev–Trinajstić information content (AvgIpc) is 2.51. The van der Waals surface area contributed by atoms with Crippen molar-refractivity contribution in [3.8, 4) is 0 Å². The quantitative estimate of drug-likeness (QED) is 0.631. The SMILES string of the molecule is CCN(CC)CCOCCOC(CO)c1ccccc1. The summed E-state index contributed by atoms with van der Waals surface area (Å²) in [4.78, 5) is 2.32. The van der Waals surface area contributed by atoms with Crippen LogP contribution in [0.1, 0.15) is 25.5 Å². The van der Waals surface area contributed by atoms with Crippen LogP contribution in [0.25, 0.3) is 0 Å². The minimum Gasteiger partial charge on any atom is -0.393 e. The second kappa shape index (κ2) is 10.8. The fourth-order valence-corrected chi connectivity index (χ4v) is 2.01. The Morgan fingerprint density at radius 2 is 1.75 bits per heavy atom. The number of ether oxygens (including phenoxy) is 2. The minimum absolute atomic E-state index is 0.0105. The zero-order valence-electron chi connectivity index (χ0n) is 12.6. The smallest absolute Gasteiger partial charge is 0.106 e. The zero-order chi connectivity index (χ0) is 14.6. The summed E-state index contributed by atoms with van der Waals surface area (Å²) in [5.74, 6) is 0. The molecular weight excluding hydrogens is 254 g/mol. The summed E-state index contributed by atoms with van der Waals surface area (Å²) in [6, 6.07) is 9.77. The van der Waals surface area contributed by atoms with Gasteiger partial charge in [0, 0.05) is 6.54 Å². The topological polar surface area (TPSA) is 41.9 Å². The Morgan fingerprint density at radius 3 is 2.35 bits per heavy atom. The van der Waals surface area contributed by atoms with E-state index in [1.54, 1.807) is 0 Å². The molecule has 0 amide bonds. The molecule has 0 spiro atoms. The van der Waals surface area contributed by atoms with Gasteiger partial charge in [-0.25, -0.2) is 0 Å². The predicted molar refractivity (Wildman–Crippen MR) is 80.8 cm³/mol. The van der Waals surface area contributed by atoms with Crippen LogP contribution in [0, 0.1) is 0 Å². The molecule has 1 aromatic rings. The van der Waals surface area contributed by atoms with E-state index < -0.39 is 0 Å². The van der Waals surface area contributed by atoms with Crippen LogP contribution in [-0.4, -0.2) is 56.1 Å². The van der Waals surface area contributed by atoms with Crippen molar-refractivity contribution in [1.29, 1.82) is 0 Å². The Labute approximate surface area is 122 Å². The third-order valence-electron chi connectivity index (χ3n) is 3.33. The molecule has 0 radical (unpaired) electrons. The molecule has 0 aliphatic heterocycles. The molecule has 1 unspecified atom stereocenters. The maximum atomic E-state index is 9.35. The summed E-state index contributed by atoms with van der Waals surface area (Å²) in [7, 11) is 0. The first-order valence-electron chi connectivity index (χ1n) is 7.39. The lowest BCUT2D eigenvalue weighted by Crippen LogP contribution is -2.27. The van der Waals surface area contributed by atoms with E-state index in [9.17, 15) is 5.11 Å². The number of hydrogen-bond donors (Lipinski definition) is 1. The number of aliphatic hydroxyl groups is 1. The van der Waals surface area contributed by atoms with Crippen molar-refractivity contribution in [2.24, 2.45) is 0 Å². The van der Waals surface area contributed by atoms with Crippen LogP contribution in [0.15, 0.2) is 30.3 Å². The predicted octanol–water partition coefficient (Wildman–Crippen LogP) is 2.09. The summed E-state index contributed by atoms with van der Waals surface area (Å²) in [5.41, 5.74) is 0.998.